The summed E-state index contributed by atoms with van der Waals surface area (Å²) in [7, 11) is 1.30. The fraction of sp³-hybridized carbons (Fsp3) is 0.214. The van der Waals surface area contributed by atoms with E-state index in [-0.39, 0.29) is 5.56 Å². The first-order valence-corrected chi connectivity index (χ1v) is 6.57. The van der Waals surface area contributed by atoms with Gasteiger partial charge in [0.25, 0.3) is 0 Å². The van der Waals surface area contributed by atoms with Gasteiger partial charge in [-0.25, -0.2) is 4.79 Å². The number of hydrogen-bond donors (Lipinski definition) is 2. The highest BCUT2D eigenvalue weighted by atomic mass is 35.5. The van der Waals surface area contributed by atoms with Crippen LogP contribution in [-0.4, -0.2) is 23.0 Å². The number of esters is 1. The number of nitrogen functional groups attached to an aromatic ring is 1. The third-order valence-electron chi connectivity index (χ3n) is 2.80. The molecule has 7 heteroatoms. The molecule has 2 aromatic rings. The largest absolute Gasteiger partial charge is 0.465 e. The molecular formula is C14H15ClN4O2. The Morgan fingerprint density at radius 1 is 1.38 bits per heavy atom. The molecule has 3 N–H and O–H groups in total. The summed E-state index contributed by atoms with van der Waals surface area (Å²) in [5.74, 6) is -0.512. The molecule has 1 heterocycles. The van der Waals surface area contributed by atoms with Gasteiger partial charge in [0.15, 0.2) is 0 Å². The van der Waals surface area contributed by atoms with Gasteiger partial charge in [0.05, 0.1) is 47.5 Å². The normalized spacial score (nSPS) is 10.2. The highest BCUT2D eigenvalue weighted by Gasteiger charge is 2.16. The molecule has 6 nitrogen and oxygen atoms in total. The fourth-order valence-corrected chi connectivity index (χ4v) is 2.06. The van der Waals surface area contributed by atoms with E-state index in [9.17, 15) is 4.79 Å². The van der Waals surface area contributed by atoms with Gasteiger partial charge in [0.1, 0.15) is 0 Å². The number of hydrogen-bond acceptors (Lipinski definition) is 6. The number of carbonyl (C=O) groups excluding carboxylic acids is 1. The monoisotopic (exact) mass is 306 g/mol. The lowest BCUT2D eigenvalue weighted by Gasteiger charge is -2.13. The fourth-order valence-electron chi connectivity index (χ4n) is 1.77. The third kappa shape index (κ3) is 3.61. The van der Waals surface area contributed by atoms with Crippen LogP contribution in [0.25, 0.3) is 0 Å². The van der Waals surface area contributed by atoms with E-state index in [0.29, 0.717) is 22.9 Å². The summed E-state index contributed by atoms with van der Waals surface area (Å²) in [4.78, 5) is 20.2. The first-order valence-electron chi connectivity index (χ1n) is 6.20. The van der Waals surface area contributed by atoms with E-state index < -0.39 is 5.97 Å². The number of carbonyl (C=O) groups is 1. The summed E-state index contributed by atoms with van der Waals surface area (Å²) < 4.78 is 4.73. The lowest BCUT2D eigenvalue weighted by atomic mass is 10.1. The molecule has 1 aromatic carbocycles. The zero-order valence-corrected chi connectivity index (χ0v) is 12.4. The number of nitrogens with two attached hydrogens (primary N) is 1. The molecule has 0 saturated heterocycles. The minimum Gasteiger partial charge on any atom is -0.465 e. The van der Waals surface area contributed by atoms with Crippen molar-refractivity contribution in [2.75, 3.05) is 18.2 Å². The summed E-state index contributed by atoms with van der Waals surface area (Å²) in [6.45, 7) is 2.23. The number of aromatic nitrogens is 2. The molecule has 0 radical (unpaired) electrons. The lowest BCUT2D eigenvalue weighted by Crippen LogP contribution is -2.10. The molecule has 0 bridgehead atoms. The highest BCUT2D eigenvalue weighted by Crippen LogP contribution is 2.30. The number of ether oxygens (including phenoxy) is 1. The molecule has 0 saturated carbocycles. The second kappa shape index (κ2) is 6.41. The molecule has 0 aliphatic heterocycles. The van der Waals surface area contributed by atoms with Crippen LogP contribution in [0.5, 0.6) is 0 Å². The van der Waals surface area contributed by atoms with Crippen LogP contribution < -0.4 is 11.1 Å². The van der Waals surface area contributed by atoms with Gasteiger partial charge in [0.2, 0.25) is 0 Å². The minimum atomic E-state index is -0.512. The molecule has 1 aromatic heterocycles. The SMILES string of the molecule is COC(=O)c1cc(N)cc(Cl)c1NCc1cnc(C)cn1. The van der Waals surface area contributed by atoms with E-state index in [1.54, 1.807) is 18.5 Å². The van der Waals surface area contributed by atoms with E-state index >= 15 is 0 Å². The maximum absolute atomic E-state index is 11.8. The van der Waals surface area contributed by atoms with Gasteiger partial charge in [-0.3, -0.25) is 9.97 Å². The number of aryl methyl sites for hydroxylation is 1. The molecule has 2 rings (SSSR count). The lowest BCUT2D eigenvalue weighted by molar-refractivity contribution is 0.0602. The highest BCUT2D eigenvalue weighted by molar-refractivity contribution is 6.34. The standard InChI is InChI=1S/C14H15ClN4O2/c1-8-5-18-10(6-17-8)7-19-13-11(14(20)21-2)3-9(16)4-12(13)15/h3-6,19H,7,16H2,1-2H3. The van der Waals surface area contributed by atoms with Crippen LogP contribution in [0.4, 0.5) is 11.4 Å². The summed E-state index contributed by atoms with van der Waals surface area (Å²) in [6.07, 6.45) is 3.33. The quantitative estimate of drug-likeness (QED) is 0.666. The summed E-state index contributed by atoms with van der Waals surface area (Å²) in [5.41, 5.74) is 8.39. The molecule has 110 valence electrons. The molecule has 0 aliphatic carbocycles. The van der Waals surface area contributed by atoms with Gasteiger partial charge in [-0.1, -0.05) is 11.6 Å². The van der Waals surface area contributed by atoms with Crippen molar-refractivity contribution in [2.45, 2.75) is 13.5 Å². The van der Waals surface area contributed by atoms with Gasteiger partial charge in [0, 0.05) is 11.9 Å². The van der Waals surface area contributed by atoms with Crippen LogP contribution in [0.1, 0.15) is 21.7 Å². The predicted molar refractivity (Wildman–Crippen MR) is 81.3 cm³/mol. The predicted octanol–water partition coefficient (Wildman–Crippen LogP) is 2.42. The Morgan fingerprint density at radius 3 is 2.76 bits per heavy atom. The number of nitrogens with one attached hydrogen (secondary N) is 1. The van der Waals surface area contributed by atoms with Crippen molar-refractivity contribution >= 4 is 28.9 Å². The van der Waals surface area contributed by atoms with Crippen LogP contribution in [0.15, 0.2) is 24.5 Å². The first-order chi connectivity index (χ1) is 10.0. The molecule has 21 heavy (non-hydrogen) atoms. The number of halogens is 1. The number of anilines is 2. The van der Waals surface area contributed by atoms with Gasteiger partial charge in [-0.15, -0.1) is 0 Å². The molecular weight excluding hydrogens is 292 g/mol. The van der Waals surface area contributed by atoms with E-state index in [1.807, 2.05) is 6.92 Å². The third-order valence-corrected chi connectivity index (χ3v) is 3.10. The first kappa shape index (κ1) is 15.1. The van der Waals surface area contributed by atoms with Crippen molar-refractivity contribution in [2.24, 2.45) is 0 Å². The Morgan fingerprint density at radius 2 is 2.14 bits per heavy atom. The van der Waals surface area contributed by atoms with Crippen molar-refractivity contribution in [3.8, 4) is 0 Å². The Kier molecular flexibility index (Phi) is 4.59. The second-order valence-corrected chi connectivity index (χ2v) is 4.83. The van der Waals surface area contributed by atoms with Crippen LogP contribution >= 0.6 is 11.6 Å². The van der Waals surface area contributed by atoms with Crippen molar-refractivity contribution in [3.05, 3.63) is 46.5 Å². The Labute approximate surface area is 127 Å². The van der Waals surface area contributed by atoms with Crippen LogP contribution in [0.2, 0.25) is 5.02 Å². The number of benzene rings is 1. The maximum atomic E-state index is 11.8. The van der Waals surface area contributed by atoms with Gasteiger partial charge in [-0.2, -0.15) is 0 Å². The van der Waals surface area contributed by atoms with Crippen LogP contribution in [-0.2, 0) is 11.3 Å². The van der Waals surface area contributed by atoms with Crippen molar-refractivity contribution in [3.63, 3.8) is 0 Å². The van der Waals surface area contributed by atoms with Gasteiger partial charge in [-0.05, 0) is 19.1 Å². The molecule has 0 atom stereocenters. The number of methoxy groups -OCH3 is 1. The van der Waals surface area contributed by atoms with Crippen molar-refractivity contribution in [1.82, 2.24) is 9.97 Å². The molecule has 0 spiro atoms. The van der Waals surface area contributed by atoms with Gasteiger partial charge >= 0.3 is 5.97 Å². The summed E-state index contributed by atoms with van der Waals surface area (Å²) >= 11 is 6.14. The number of nitrogens with zero attached hydrogens (tertiary/aromatic N) is 2. The Bertz CT molecular complexity index is 659. The van der Waals surface area contributed by atoms with E-state index in [2.05, 4.69) is 15.3 Å². The average molecular weight is 307 g/mol. The molecule has 0 aliphatic rings. The van der Waals surface area contributed by atoms with E-state index in [4.69, 9.17) is 22.1 Å². The van der Waals surface area contributed by atoms with Crippen molar-refractivity contribution < 1.29 is 9.53 Å². The topological polar surface area (TPSA) is 90.1 Å². The molecule has 0 amide bonds. The molecule has 0 fully saturated rings. The second-order valence-electron chi connectivity index (χ2n) is 4.42. The Hall–Kier alpha value is -2.34. The van der Waals surface area contributed by atoms with E-state index in [1.165, 1.54) is 13.2 Å². The summed E-state index contributed by atoms with van der Waals surface area (Å²) in [5, 5.41) is 3.41. The zero-order valence-electron chi connectivity index (χ0n) is 11.7. The van der Waals surface area contributed by atoms with Crippen LogP contribution in [0.3, 0.4) is 0 Å². The maximum Gasteiger partial charge on any atom is 0.340 e. The van der Waals surface area contributed by atoms with E-state index in [0.717, 1.165) is 11.4 Å². The van der Waals surface area contributed by atoms with Crippen molar-refractivity contribution in [1.29, 1.82) is 0 Å². The smallest absolute Gasteiger partial charge is 0.340 e. The average Bonchev–Trinajstić information content (AvgIpc) is 2.46. The molecule has 0 unspecified atom stereocenters. The van der Waals surface area contributed by atoms with Crippen LogP contribution in [0, 0.1) is 6.92 Å². The summed E-state index contributed by atoms with van der Waals surface area (Å²) in [6, 6.07) is 3.08. The van der Waals surface area contributed by atoms with Gasteiger partial charge < -0.3 is 15.8 Å². The zero-order chi connectivity index (χ0) is 15.4. The minimum absolute atomic E-state index is 0.280. The number of rotatable bonds is 4. The Balaban J connectivity index is 2.26.